The molecule has 0 amide bonds. The summed E-state index contributed by atoms with van der Waals surface area (Å²) < 4.78 is 35.7. The molecule has 16 nitrogen and oxygen atoms in total. The zero-order valence-electron chi connectivity index (χ0n) is 50.6. The van der Waals surface area contributed by atoms with Gasteiger partial charge in [-0.15, -0.1) is 0 Å². The molecule has 4 atom stereocenters. The average Bonchev–Trinajstić information content (AvgIpc) is 3.64. The predicted molar refractivity (Wildman–Crippen MR) is 344 cm³/mol. The highest BCUT2D eigenvalue weighted by Gasteiger charge is 2.21. The maximum absolute atomic E-state index is 12.9. The maximum atomic E-state index is 12.9. The summed E-state index contributed by atoms with van der Waals surface area (Å²) in [6.45, 7) is 3.66. The fourth-order valence-corrected chi connectivity index (χ4v) is 9.91. The van der Waals surface area contributed by atoms with Crippen molar-refractivity contribution in [3.8, 4) is 23.0 Å². The molecule has 0 fully saturated rings. The quantitative estimate of drug-likeness (QED) is 0.0207. The van der Waals surface area contributed by atoms with E-state index < -0.39 is 24.4 Å². The fourth-order valence-electron chi connectivity index (χ4n) is 9.91. The third-order valence-electron chi connectivity index (χ3n) is 14.6. The van der Waals surface area contributed by atoms with Gasteiger partial charge in [-0.2, -0.15) is 0 Å². The molecule has 90 heavy (non-hydrogen) atoms. The van der Waals surface area contributed by atoms with E-state index in [2.05, 4.69) is 0 Å². The first kappa shape index (κ1) is 67.3. The number of ether oxygens (including phenoxy) is 6. The van der Waals surface area contributed by atoms with Crippen LogP contribution in [0.15, 0.2) is 218 Å². The van der Waals surface area contributed by atoms with Crippen molar-refractivity contribution in [1.29, 1.82) is 0 Å². The summed E-state index contributed by atoms with van der Waals surface area (Å²) in [5.74, 6) is 1.61. The number of carbonyl (C=O) groups is 4. The van der Waals surface area contributed by atoms with Gasteiger partial charge < -0.3 is 48.8 Å². The van der Waals surface area contributed by atoms with Gasteiger partial charge in [0.25, 0.3) is 0 Å². The van der Waals surface area contributed by atoms with Crippen LogP contribution >= 0.6 is 0 Å². The van der Waals surface area contributed by atoms with Gasteiger partial charge in [-0.3, -0.25) is 29.0 Å². The lowest BCUT2D eigenvalue weighted by atomic mass is 10.0. The SMILES string of the molecule is O=C(c1ccccc1)c1ccc(OCC(O)CN(CCCOCCCCOCCCN(CC(O)COc2ccc(C(=O)c3ccccc3)cc2)CC(O)COc2ccc(C(=O)c3ccccc3)cc2)CC(O)COc2ccc(C(=O)c3ccccc3)cc2)cc1. The van der Waals surface area contributed by atoms with Crippen LogP contribution in [0, 0.1) is 0 Å². The molecule has 0 spiro atoms. The van der Waals surface area contributed by atoms with E-state index in [0.29, 0.717) is 120 Å². The minimum Gasteiger partial charge on any atom is -0.491 e. The van der Waals surface area contributed by atoms with Gasteiger partial charge in [0.1, 0.15) is 73.8 Å². The predicted octanol–water partition coefficient (Wildman–Crippen LogP) is 9.87. The zero-order chi connectivity index (χ0) is 63.1. The summed E-state index contributed by atoms with van der Waals surface area (Å²) >= 11 is 0. The van der Waals surface area contributed by atoms with Crippen molar-refractivity contribution in [1.82, 2.24) is 9.80 Å². The van der Waals surface area contributed by atoms with E-state index in [4.69, 9.17) is 28.4 Å². The van der Waals surface area contributed by atoms with E-state index in [1.165, 1.54) is 0 Å². The standard InChI is InChI=1S/C74H80N2O14/c77-63(51-87-67-33-25-59(26-34-67)71(81)55-17-5-1-6-18-55)47-75(48-64(78)52-88-68-35-27-60(28-36-68)72(82)56-19-7-2-8-20-56)41-15-45-85-43-13-14-44-86-46-16-42-76(49-65(79)53-89-69-37-29-61(30-38-69)73(83)57-21-9-3-10-22-57)50-66(80)54-90-70-39-31-62(32-40-70)74(84)58-23-11-4-12-24-58/h1-12,17-40,63-66,77-80H,13-16,41-54H2. The lowest BCUT2D eigenvalue weighted by molar-refractivity contribution is 0.0251. The topological polar surface area (TPSA) is 211 Å². The Kier molecular flexibility index (Phi) is 27.4. The van der Waals surface area contributed by atoms with E-state index in [-0.39, 0.29) is 75.7 Å². The minimum atomic E-state index is -0.911. The Hall–Kier alpha value is -8.68. The third kappa shape index (κ3) is 22.7. The smallest absolute Gasteiger partial charge is 0.193 e. The van der Waals surface area contributed by atoms with Crippen molar-refractivity contribution in [3.05, 3.63) is 263 Å². The van der Waals surface area contributed by atoms with E-state index in [1.54, 1.807) is 146 Å². The van der Waals surface area contributed by atoms with Crippen LogP contribution in [0.1, 0.15) is 89.4 Å². The third-order valence-corrected chi connectivity index (χ3v) is 14.6. The Bertz CT molecular complexity index is 2940. The molecule has 0 saturated heterocycles. The summed E-state index contributed by atoms with van der Waals surface area (Å²) in [5, 5.41) is 44.7. The highest BCUT2D eigenvalue weighted by atomic mass is 16.5. The van der Waals surface area contributed by atoms with Crippen molar-refractivity contribution in [2.75, 3.05) is 92.1 Å². The molecule has 0 aliphatic rings. The Labute approximate surface area is 526 Å². The monoisotopic (exact) mass is 1220 g/mol. The lowest BCUT2D eigenvalue weighted by Crippen LogP contribution is -2.42. The van der Waals surface area contributed by atoms with Crippen molar-refractivity contribution < 1.29 is 68.0 Å². The number of aliphatic hydroxyl groups excluding tert-OH is 4. The molecule has 470 valence electrons. The van der Waals surface area contributed by atoms with Gasteiger partial charge in [0.15, 0.2) is 23.1 Å². The Balaban J connectivity index is 0.753. The summed E-state index contributed by atoms with van der Waals surface area (Å²) in [6.07, 6.45) is -0.866. The van der Waals surface area contributed by atoms with E-state index in [1.807, 2.05) is 82.6 Å². The number of benzene rings is 8. The largest absolute Gasteiger partial charge is 0.491 e. The molecule has 0 radical (unpaired) electrons. The van der Waals surface area contributed by atoms with E-state index in [9.17, 15) is 39.6 Å². The van der Waals surface area contributed by atoms with Gasteiger partial charge in [-0.25, -0.2) is 0 Å². The average molecular weight is 1220 g/mol. The Morgan fingerprint density at radius 3 is 0.700 bits per heavy atom. The van der Waals surface area contributed by atoms with E-state index >= 15 is 0 Å². The molecular weight excluding hydrogens is 1140 g/mol. The first-order valence-corrected chi connectivity index (χ1v) is 30.6. The summed E-state index contributed by atoms with van der Waals surface area (Å²) in [7, 11) is 0. The summed E-state index contributed by atoms with van der Waals surface area (Å²) in [5.41, 5.74) is 4.44. The van der Waals surface area contributed by atoms with Gasteiger partial charge in [-0.1, -0.05) is 121 Å². The Morgan fingerprint density at radius 2 is 0.478 bits per heavy atom. The fraction of sp³-hybridized carbons (Fsp3) is 0.297. The number of aliphatic hydroxyl groups is 4. The van der Waals surface area contributed by atoms with Gasteiger partial charge in [0, 0.05) is 110 Å². The molecule has 4 unspecified atom stereocenters. The van der Waals surface area contributed by atoms with Crippen LogP contribution in [0.2, 0.25) is 0 Å². The number of carbonyl (C=O) groups excluding carboxylic acids is 4. The number of hydrogen-bond donors (Lipinski definition) is 4. The van der Waals surface area contributed by atoms with Crippen molar-refractivity contribution >= 4 is 23.1 Å². The molecule has 0 heterocycles. The van der Waals surface area contributed by atoms with Crippen LogP contribution in [0.5, 0.6) is 23.0 Å². The second kappa shape index (κ2) is 36.7. The number of hydrogen-bond acceptors (Lipinski definition) is 16. The first-order valence-electron chi connectivity index (χ1n) is 30.6. The molecular formula is C74H80N2O14. The number of nitrogens with zero attached hydrogens (tertiary/aromatic N) is 2. The highest BCUT2D eigenvalue weighted by Crippen LogP contribution is 2.21. The second-order valence-electron chi connectivity index (χ2n) is 21.9. The van der Waals surface area contributed by atoms with Crippen LogP contribution in [0.25, 0.3) is 0 Å². The van der Waals surface area contributed by atoms with Gasteiger partial charge in [-0.05, 0) is 123 Å². The van der Waals surface area contributed by atoms with Crippen molar-refractivity contribution in [2.45, 2.75) is 50.1 Å². The van der Waals surface area contributed by atoms with Crippen LogP contribution in [-0.2, 0) is 9.47 Å². The molecule has 0 aliphatic carbocycles. The number of ketones is 4. The van der Waals surface area contributed by atoms with E-state index in [0.717, 1.165) is 12.8 Å². The normalized spacial score (nSPS) is 12.6. The molecule has 4 N–H and O–H groups in total. The minimum absolute atomic E-state index is 0.0196. The number of unbranched alkanes of at least 4 members (excludes halogenated alkanes) is 1. The van der Waals surface area contributed by atoms with Crippen LogP contribution in [0.4, 0.5) is 0 Å². The maximum Gasteiger partial charge on any atom is 0.193 e. The lowest BCUT2D eigenvalue weighted by Gasteiger charge is -2.27. The highest BCUT2D eigenvalue weighted by molar-refractivity contribution is 6.10. The molecule has 8 aromatic rings. The summed E-state index contributed by atoms with van der Waals surface area (Å²) in [4.78, 5) is 55.5. The zero-order valence-corrected chi connectivity index (χ0v) is 50.6. The van der Waals surface area contributed by atoms with Crippen molar-refractivity contribution in [2.24, 2.45) is 0 Å². The molecule has 0 aliphatic heterocycles. The summed E-state index contributed by atoms with van der Waals surface area (Å²) in [6, 6.07) is 63.3. The molecule has 0 bridgehead atoms. The van der Waals surface area contributed by atoms with Crippen molar-refractivity contribution in [3.63, 3.8) is 0 Å². The van der Waals surface area contributed by atoms with Crippen LogP contribution in [0.3, 0.4) is 0 Å². The van der Waals surface area contributed by atoms with Gasteiger partial charge in [0.05, 0.1) is 0 Å². The molecule has 8 rings (SSSR count). The Morgan fingerprint density at radius 1 is 0.278 bits per heavy atom. The molecule has 16 heteroatoms. The van der Waals surface area contributed by atoms with Gasteiger partial charge in [0.2, 0.25) is 0 Å². The molecule has 0 aromatic heterocycles. The second-order valence-corrected chi connectivity index (χ2v) is 21.9. The molecule has 0 saturated carbocycles. The van der Waals surface area contributed by atoms with Crippen LogP contribution in [-0.4, -0.2) is 170 Å². The van der Waals surface area contributed by atoms with Crippen LogP contribution < -0.4 is 18.9 Å². The molecule has 8 aromatic carbocycles. The first-order chi connectivity index (χ1) is 43.9. The van der Waals surface area contributed by atoms with Gasteiger partial charge >= 0.3 is 0 Å². The number of rotatable bonds is 41.